The first kappa shape index (κ1) is 13.9. The fourth-order valence-electron chi connectivity index (χ4n) is 4.01. The van der Waals surface area contributed by atoms with Gasteiger partial charge in [-0.3, -0.25) is 0 Å². The van der Waals surface area contributed by atoms with Gasteiger partial charge in [0.15, 0.2) is 0 Å². The highest BCUT2D eigenvalue weighted by atomic mass is 16.5. The molecule has 2 atom stereocenters. The second-order valence-electron chi connectivity index (χ2n) is 7.28. The van der Waals surface area contributed by atoms with E-state index in [4.69, 9.17) is 4.74 Å². The molecule has 1 saturated heterocycles. The largest absolute Gasteiger partial charge is 0.377 e. The molecule has 3 aliphatic rings. The maximum Gasteiger partial charge on any atom is 0.0672 e. The Morgan fingerprint density at radius 2 is 1.89 bits per heavy atom. The molecule has 0 aromatic carbocycles. The van der Waals surface area contributed by atoms with E-state index >= 15 is 0 Å². The summed E-state index contributed by atoms with van der Waals surface area (Å²) in [6.45, 7) is 6.94. The Labute approximate surface area is 118 Å². The van der Waals surface area contributed by atoms with Gasteiger partial charge in [0, 0.05) is 24.6 Å². The normalized spacial score (nSPS) is 35.2. The molecular formula is C17H31NO. The van der Waals surface area contributed by atoms with E-state index < -0.39 is 0 Å². The van der Waals surface area contributed by atoms with Crippen molar-refractivity contribution in [1.82, 2.24) is 5.32 Å². The summed E-state index contributed by atoms with van der Waals surface area (Å²) >= 11 is 0. The highest BCUT2D eigenvalue weighted by molar-refractivity contribution is 5.02. The molecule has 0 bridgehead atoms. The number of nitrogens with one attached hydrogen (secondary N) is 1. The summed E-state index contributed by atoms with van der Waals surface area (Å²) in [5, 5.41) is 3.83. The Kier molecular flexibility index (Phi) is 4.19. The Morgan fingerprint density at radius 3 is 2.47 bits per heavy atom. The molecule has 1 heterocycles. The van der Waals surface area contributed by atoms with Crippen LogP contribution in [0.1, 0.15) is 65.2 Å². The minimum absolute atomic E-state index is 0.459. The lowest BCUT2D eigenvalue weighted by atomic mass is 9.71. The van der Waals surface area contributed by atoms with Gasteiger partial charge in [0.25, 0.3) is 0 Å². The van der Waals surface area contributed by atoms with Gasteiger partial charge in [0.05, 0.1) is 6.10 Å². The highest BCUT2D eigenvalue weighted by Gasteiger charge is 2.51. The lowest BCUT2D eigenvalue weighted by molar-refractivity contribution is 0.0176. The van der Waals surface area contributed by atoms with E-state index in [-0.39, 0.29) is 0 Å². The summed E-state index contributed by atoms with van der Waals surface area (Å²) in [7, 11) is 0. The van der Waals surface area contributed by atoms with Crippen LogP contribution in [-0.4, -0.2) is 25.3 Å². The summed E-state index contributed by atoms with van der Waals surface area (Å²) in [5.74, 6) is 1.78. The van der Waals surface area contributed by atoms with Gasteiger partial charge < -0.3 is 10.1 Å². The summed E-state index contributed by atoms with van der Waals surface area (Å²) in [4.78, 5) is 0. The van der Waals surface area contributed by atoms with Crippen molar-refractivity contribution >= 4 is 0 Å². The minimum Gasteiger partial charge on any atom is -0.377 e. The average Bonchev–Trinajstić information content (AvgIpc) is 3.34. The van der Waals surface area contributed by atoms with Gasteiger partial charge in [0.2, 0.25) is 0 Å². The number of rotatable bonds is 8. The van der Waals surface area contributed by atoms with Gasteiger partial charge in [-0.1, -0.05) is 26.7 Å². The lowest BCUT2D eigenvalue weighted by Crippen LogP contribution is -2.43. The Morgan fingerprint density at radius 1 is 1.16 bits per heavy atom. The minimum atomic E-state index is 0.459. The molecular weight excluding hydrogens is 234 g/mol. The van der Waals surface area contributed by atoms with Crippen LogP contribution >= 0.6 is 0 Å². The van der Waals surface area contributed by atoms with Crippen molar-refractivity contribution in [3.63, 3.8) is 0 Å². The Bertz CT molecular complexity index is 294. The molecule has 1 N–H and O–H groups in total. The second kappa shape index (κ2) is 5.73. The van der Waals surface area contributed by atoms with Crippen LogP contribution in [-0.2, 0) is 4.74 Å². The van der Waals surface area contributed by atoms with Crippen LogP contribution in [0.4, 0.5) is 0 Å². The third-order valence-corrected chi connectivity index (χ3v) is 5.72. The smallest absolute Gasteiger partial charge is 0.0672 e. The number of ether oxygens (including phenoxy) is 1. The van der Waals surface area contributed by atoms with Crippen molar-refractivity contribution in [2.45, 2.75) is 77.4 Å². The fraction of sp³-hybridized carbons (Fsp3) is 1.00. The highest BCUT2D eigenvalue weighted by Crippen LogP contribution is 2.51. The van der Waals surface area contributed by atoms with E-state index in [9.17, 15) is 0 Å². The first-order valence-electron chi connectivity index (χ1n) is 8.62. The Hall–Kier alpha value is -0.0800. The maximum atomic E-state index is 6.20. The monoisotopic (exact) mass is 265 g/mol. The van der Waals surface area contributed by atoms with Crippen molar-refractivity contribution in [2.75, 3.05) is 13.2 Å². The number of hydrogen-bond donors (Lipinski definition) is 1. The molecule has 2 aliphatic carbocycles. The Balaban J connectivity index is 1.68. The van der Waals surface area contributed by atoms with Crippen molar-refractivity contribution in [2.24, 2.45) is 17.3 Å². The van der Waals surface area contributed by atoms with Crippen molar-refractivity contribution in [1.29, 1.82) is 0 Å². The summed E-state index contributed by atoms with van der Waals surface area (Å²) < 4.78 is 6.20. The first-order valence-corrected chi connectivity index (χ1v) is 8.62. The molecule has 1 aliphatic heterocycles. The molecule has 0 spiro atoms. The van der Waals surface area contributed by atoms with Crippen LogP contribution in [0, 0.1) is 17.3 Å². The molecule has 0 aromatic rings. The van der Waals surface area contributed by atoms with Gasteiger partial charge in [-0.25, -0.2) is 0 Å². The SMILES string of the molecule is CCC(CC)CC1(CNC2CC2)CCOC1C1CC1. The zero-order valence-corrected chi connectivity index (χ0v) is 12.8. The standard InChI is InChI=1S/C17H31NO/c1-3-13(4-2)11-17(12-18-15-7-8-15)9-10-19-16(17)14-5-6-14/h13-16,18H,3-12H2,1-2H3. The van der Waals surface area contributed by atoms with Crippen LogP contribution in [0.2, 0.25) is 0 Å². The third kappa shape index (κ3) is 3.16. The molecule has 110 valence electrons. The van der Waals surface area contributed by atoms with Crippen LogP contribution in [0.3, 0.4) is 0 Å². The number of hydrogen-bond acceptors (Lipinski definition) is 2. The molecule has 19 heavy (non-hydrogen) atoms. The van der Waals surface area contributed by atoms with Crippen LogP contribution in [0.15, 0.2) is 0 Å². The molecule has 2 heteroatoms. The van der Waals surface area contributed by atoms with E-state index in [1.54, 1.807) is 0 Å². The lowest BCUT2D eigenvalue weighted by Gasteiger charge is -2.37. The summed E-state index contributed by atoms with van der Waals surface area (Å²) in [6, 6.07) is 0.832. The predicted octanol–water partition coefficient (Wildman–Crippen LogP) is 3.75. The zero-order valence-electron chi connectivity index (χ0n) is 12.8. The fourth-order valence-corrected chi connectivity index (χ4v) is 4.01. The van der Waals surface area contributed by atoms with E-state index in [0.717, 1.165) is 24.5 Å². The molecule has 0 radical (unpaired) electrons. The van der Waals surface area contributed by atoms with E-state index in [2.05, 4.69) is 19.2 Å². The summed E-state index contributed by atoms with van der Waals surface area (Å²) in [5.41, 5.74) is 0.459. The van der Waals surface area contributed by atoms with Gasteiger partial charge in [0.1, 0.15) is 0 Å². The zero-order chi connectivity index (χ0) is 13.3. The van der Waals surface area contributed by atoms with Gasteiger partial charge in [-0.15, -0.1) is 0 Å². The molecule has 2 saturated carbocycles. The average molecular weight is 265 g/mol. The second-order valence-corrected chi connectivity index (χ2v) is 7.28. The summed E-state index contributed by atoms with van der Waals surface area (Å²) in [6.07, 6.45) is 11.5. The molecule has 2 unspecified atom stereocenters. The topological polar surface area (TPSA) is 21.3 Å². The van der Waals surface area contributed by atoms with Crippen LogP contribution < -0.4 is 5.32 Å². The van der Waals surface area contributed by atoms with E-state index in [0.29, 0.717) is 11.5 Å². The molecule has 0 aromatic heterocycles. The quantitative estimate of drug-likeness (QED) is 0.721. The van der Waals surface area contributed by atoms with Gasteiger partial charge >= 0.3 is 0 Å². The van der Waals surface area contributed by atoms with Crippen LogP contribution in [0.5, 0.6) is 0 Å². The van der Waals surface area contributed by atoms with Crippen molar-refractivity contribution < 1.29 is 4.74 Å². The molecule has 2 nitrogen and oxygen atoms in total. The predicted molar refractivity (Wildman–Crippen MR) is 79.2 cm³/mol. The van der Waals surface area contributed by atoms with E-state index in [1.807, 2.05) is 0 Å². The van der Waals surface area contributed by atoms with Gasteiger partial charge in [-0.05, 0) is 50.4 Å². The van der Waals surface area contributed by atoms with Crippen molar-refractivity contribution in [3.05, 3.63) is 0 Å². The first-order chi connectivity index (χ1) is 9.27. The van der Waals surface area contributed by atoms with Gasteiger partial charge in [-0.2, -0.15) is 0 Å². The molecule has 0 amide bonds. The van der Waals surface area contributed by atoms with E-state index in [1.165, 1.54) is 57.9 Å². The third-order valence-electron chi connectivity index (χ3n) is 5.72. The van der Waals surface area contributed by atoms with Crippen molar-refractivity contribution in [3.8, 4) is 0 Å². The molecule has 3 rings (SSSR count). The molecule has 3 fully saturated rings. The van der Waals surface area contributed by atoms with Crippen LogP contribution in [0.25, 0.3) is 0 Å². The maximum absolute atomic E-state index is 6.20.